The molecule has 0 spiro atoms. The van der Waals surface area contributed by atoms with E-state index < -0.39 is 0 Å². The van der Waals surface area contributed by atoms with Crippen molar-refractivity contribution < 1.29 is 4.74 Å². The zero-order chi connectivity index (χ0) is 12.9. The minimum atomic E-state index is 0.279. The fraction of sp³-hybridized carbons (Fsp3) is 0.643. The van der Waals surface area contributed by atoms with Gasteiger partial charge >= 0.3 is 0 Å². The van der Waals surface area contributed by atoms with Crippen LogP contribution in [0, 0.1) is 5.41 Å². The molecule has 0 fully saturated rings. The lowest BCUT2D eigenvalue weighted by Crippen LogP contribution is -2.38. The van der Waals surface area contributed by atoms with Gasteiger partial charge in [0.05, 0.1) is 13.3 Å². The Morgan fingerprint density at radius 3 is 2.59 bits per heavy atom. The van der Waals surface area contributed by atoms with E-state index in [4.69, 9.17) is 4.74 Å². The Morgan fingerprint density at radius 2 is 2.06 bits per heavy atom. The fourth-order valence-electron chi connectivity index (χ4n) is 2.03. The molecule has 0 radical (unpaired) electrons. The van der Waals surface area contributed by atoms with E-state index in [1.54, 1.807) is 13.3 Å². The van der Waals surface area contributed by atoms with Crippen molar-refractivity contribution in [2.75, 3.05) is 14.2 Å². The SMILES string of the molecule is CNC(CCc1cncc(OC)c1)C(C)(C)C. The summed E-state index contributed by atoms with van der Waals surface area (Å²) >= 11 is 0. The third kappa shape index (κ3) is 4.35. The Balaban J connectivity index is 2.59. The number of aryl methyl sites for hydroxylation is 1. The number of hydrogen-bond donors (Lipinski definition) is 1. The van der Waals surface area contributed by atoms with Gasteiger partial charge in [-0.25, -0.2) is 0 Å². The maximum absolute atomic E-state index is 5.18. The first kappa shape index (κ1) is 14.0. The molecule has 1 N–H and O–H groups in total. The normalized spacial score (nSPS) is 13.5. The molecule has 0 aliphatic rings. The van der Waals surface area contributed by atoms with Crippen LogP contribution in [0.3, 0.4) is 0 Å². The summed E-state index contributed by atoms with van der Waals surface area (Å²) in [4.78, 5) is 4.18. The predicted octanol–water partition coefficient (Wildman–Crippen LogP) is 2.66. The maximum Gasteiger partial charge on any atom is 0.137 e. The van der Waals surface area contributed by atoms with Gasteiger partial charge in [-0.05, 0) is 36.9 Å². The van der Waals surface area contributed by atoms with E-state index >= 15 is 0 Å². The summed E-state index contributed by atoms with van der Waals surface area (Å²) in [6.07, 6.45) is 5.78. The molecule has 96 valence electrons. The van der Waals surface area contributed by atoms with Crippen LogP contribution in [0.25, 0.3) is 0 Å². The largest absolute Gasteiger partial charge is 0.495 e. The van der Waals surface area contributed by atoms with Gasteiger partial charge in [0.15, 0.2) is 0 Å². The molecule has 1 unspecified atom stereocenters. The Hall–Kier alpha value is -1.09. The van der Waals surface area contributed by atoms with Crippen molar-refractivity contribution in [3.05, 3.63) is 24.0 Å². The molecule has 0 saturated heterocycles. The van der Waals surface area contributed by atoms with Gasteiger partial charge in [-0.15, -0.1) is 0 Å². The van der Waals surface area contributed by atoms with Crippen LogP contribution in [0.2, 0.25) is 0 Å². The summed E-state index contributed by atoms with van der Waals surface area (Å²) in [6.45, 7) is 6.79. The molecule has 0 aliphatic carbocycles. The average Bonchev–Trinajstić information content (AvgIpc) is 2.28. The second kappa shape index (κ2) is 6.01. The number of pyridine rings is 1. The molecule has 1 aromatic rings. The summed E-state index contributed by atoms with van der Waals surface area (Å²) in [5.41, 5.74) is 1.51. The van der Waals surface area contributed by atoms with Crippen molar-refractivity contribution in [3.8, 4) is 5.75 Å². The molecule has 1 atom stereocenters. The van der Waals surface area contributed by atoms with E-state index in [1.807, 2.05) is 13.2 Å². The van der Waals surface area contributed by atoms with Crippen LogP contribution < -0.4 is 10.1 Å². The third-order valence-corrected chi connectivity index (χ3v) is 3.12. The zero-order valence-electron chi connectivity index (χ0n) is 11.6. The highest BCUT2D eigenvalue weighted by atomic mass is 16.5. The van der Waals surface area contributed by atoms with Gasteiger partial charge in [0.1, 0.15) is 5.75 Å². The number of rotatable bonds is 5. The van der Waals surface area contributed by atoms with Crippen LogP contribution >= 0.6 is 0 Å². The van der Waals surface area contributed by atoms with Crippen molar-refractivity contribution in [3.63, 3.8) is 0 Å². The highest BCUT2D eigenvalue weighted by molar-refractivity contribution is 5.23. The summed E-state index contributed by atoms with van der Waals surface area (Å²) in [5.74, 6) is 0.833. The lowest BCUT2D eigenvalue weighted by atomic mass is 9.83. The van der Waals surface area contributed by atoms with Crippen molar-refractivity contribution in [1.29, 1.82) is 0 Å². The van der Waals surface area contributed by atoms with Gasteiger partial charge < -0.3 is 10.1 Å². The first-order valence-electron chi connectivity index (χ1n) is 6.12. The molecule has 0 aliphatic heterocycles. The molecular weight excluding hydrogens is 212 g/mol. The smallest absolute Gasteiger partial charge is 0.137 e. The number of nitrogens with one attached hydrogen (secondary N) is 1. The first-order valence-corrected chi connectivity index (χ1v) is 6.12. The fourth-order valence-corrected chi connectivity index (χ4v) is 2.03. The second-order valence-corrected chi connectivity index (χ2v) is 5.48. The van der Waals surface area contributed by atoms with Crippen LogP contribution in [-0.4, -0.2) is 25.2 Å². The molecule has 0 bridgehead atoms. The summed E-state index contributed by atoms with van der Waals surface area (Å²) in [7, 11) is 3.70. The zero-order valence-corrected chi connectivity index (χ0v) is 11.6. The predicted molar refractivity (Wildman–Crippen MR) is 71.4 cm³/mol. The molecule has 3 heteroatoms. The van der Waals surface area contributed by atoms with E-state index in [0.29, 0.717) is 6.04 Å². The molecule has 0 saturated carbocycles. The molecule has 17 heavy (non-hydrogen) atoms. The van der Waals surface area contributed by atoms with Crippen molar-refractivity contribution >= 4 is 0 Å². The quantitative estimate of drug-likeness (QED) is 0.853. The molecule has 3 nitrogen and oxygen atoms in total. The lowest BCUT2D eigenvalue weighted by Gasteiger charge is -2.30. The summed E-state index contributed by atoms with van der Waals surface area (Å²) < 4.78 is 5.18. The number of nitrogens with zero attached hydrogens (tertiary/aromatic N) is 1. The van der Waals surface area contributed by atoms with Gasteiger partial charge in [0.2, 0.25) is 0 Å². The highest BCUT2D eigenvalue weighted by Crippen LogP contribution is 2.23. The van der Waals surface area contributed by atoms with E-state index in [1.165, 1.54) is 5.56 Å². The molecule has 1 rings (SSSR count). The van der Waals surface area contributed by atoms with Gasteiger partial charge in [0, 0.05) is 12.2 Å². The van der Waals surface area contributed by atoms with Crippen LogP contribution in [0.1, 0.15) is 32.8 Å². The van der Waals surface area contributed by atoms with E-state index in [0.717, 1.165) is 18.6 Å². The van der Waals surface area contributed by atoms with E-state index in [2.05, 4.69) is 37.1 Å². The van der Waals surface area contributed by atoms with Crippen LogP contribution in [0.4, 0.5) is 0 Å². The molecule has 1 heterocycles. The average molecular weight is 236 g/mol. The summed E-state index contributed by atoms with van der Waals surface area (Å²) in [6, 6.07) is 2.57. The maximum atomic E-state index is 5.18. The number of aromatic nitrogens is 1. The second-order valence-electron chi connectivity index (χ2n) is 5.48. The minimum Gasteiger partial charge on any atom is -0.495 e. The molecule has 0 amide bonds. The Morgan fingerprint density at radius 1 is 1.35 bits per heavy atom. The standard InChI is InChI=1S/C14H24N2O/c1-14(2,3)13(15-4)7-6-11-8-12(17-5)10-16-9-11/h8-10,13,15H,6-7H2,1-5H3. The molecule has 0 aromatic carbocycles. The van der Waals surface area contributed by atoms with Crippen molar-refractivity contribution in [2.45, 2.75) is 39.7 Å². The topological polar surface area (TPSA) is 34.2 Å². The Labute approximate surface area is 105 Å². The number of ether oxygens (including phenoxy) is 1. The minimum absolute atomic E-state index is 0.279. The van der Waals surface area contributed by atoms with Gasteiger partial charge in [-0.2, -0.15) is 0 Å². The van der Waals surface area contributed by atoms with E-state index in [9.17, 15) is 0 Å². The Bertz CT molecular complexity index is 344. The number of methoxy groups -OCH3 is 1. The van der Waals surface area contributed by atoms with Gasteiger partial charge in [0.25, 0.3) is 0 Å². The van der Waals surface area contributed by atoms with Crippen LogP contribution in [0.5, 0.6) is 5.75 Å². The van der Waals surface area contributed by atoms with Gasteiger partial charge in [-0.3, -0.25) is 4.98 Å². The third-order valence-electron chi connectivity index (χ3n) is 3.12. The lowest BCUT2D eigenvalue weighted by molar-refractivity contribution is 0.268. The number of hydrogen-bond acceptors (Lipinski definition) is 3. The summed E-state index contributed by atoms with van der Waals surface area (Å²) in [5, 5.41) is 3.39. The van der Waals surface area contributed by atoms with Gasteiger partial charge in [-0.1, -0.05) is 20.8 Å². The Kier molecular flexibility index (Phi) is 4.94. The van der Waals surface area contributed by atoms with E-state index in [-0.39, 0.29) is 5.41 Å². The monoisotopic (exact) mass is 236 g/mol. The highest BCUT2D eigenvalue weighted by Gasteiger charge is 2.22. The molecular formula is C14H24N2O. The van der Waals surface area contributed by atoms with Crippen molar-refractivity contribution in [1.82, 2.24) is 10.3 Å². The van der Waals surface area contributed by atoms with Crippen LogP contribution in [0.15, 0.2) is 18.5 Å². The molecule has 1 aromatic heterocycles. The first-order chi connectivity index (χ1) is 7.97. The van der Waals surface area contributed by atoms with Crippen molar-refractivity contribution in [2.24, 2.45) is 5.41 Å². The van der Waals surface area contributed by atoms with Crippen LogP contribution in [-0.2, 0) is 6.42 Å².